The highest BCUT2D eigenvalue weighted by Gasteiger charge is 2.49. The predicted molar refractivity (Wildman–Crippen MR) is 164 cm³/mol. The lowest BCUT2D eigenvalue weighted by molar-refractivity contribution is 0.107. The molecule has 0 saturated carbocycles. The van der Waals surface area contributed by atoms with Crippen LogP contribution in [0.1, 0.15) is 51.0 Å². The van der Waals surface area contributed by atoms with Gasteiger partial charge in [0.05, 0.1) is 10.9 Å². The number of ether oxygens (including phenoxy) is 1. The van der Waals surface area contributed by atoms with Gasteiger partial charge in [0, 0.05) is 43.9 Å². The third-order valence-electron chi connectivity index (χ3n) is 9.71. The molecule has 0 amide bonds. The number of hydrogen-bond acceptors (Lipinski definition) is 8. The lowest BCUT2D eigenvalue weighted by atomic mass is 9.94. The van der Waals surface area contributed by atoms with Gasteiger partial charge in [-0.1, -0.05) is 13.0 Å². The zero-order chi connectivity index (χ0) is 30.6. The molecule has 0 spiro atoms. The van der Waals surface area contributed by atoms with E-state index in [-0.39, 0.29) is 41.2 Å². The van der Waals surface area contributed by atoms with E-state index in [9.17, 15) is 13.9 Å². The Labute approximate surface area is 254 Å². The molecule has 3 atom stereocenters. The molecule has 3 aliphatic rings. The molecule has 3 fully saturated rings. The maximum atomic E-state index is 16.7. The van der Waals surface area contributed by atoms with Gasteiger partial charge >= 0.3 is 6.01 Å². The first-order valence-corrected chi connectivity index (χ1v) is 15.6. The van der Waals surface area contributed by atoms with E-state index in [0.717, 1.165) is 38.6 Å². The highest BCUT2D eigenvalue weighted by atomic mass is 19.1. The molecular formula is C33H37F3N6O2. The van der Waals surface area contributed by atoms with Crippen molar-refractivity contribution in [1.82, 2.24) is 19.9 Å². The molecule has 11 heteroatoms. The summed E-state index contributed by atoms with van der Waals surface area (Å²) in [4.78, 5) is 18.1. The van der Waals surface area contributed by atoms with Crippen molar-refractivity contribution in [3.05, 3.63) is 47.7 Å². The molecule has 2 aromatic carbocycles. The van der Waals surface area contributed by atoms with Gasteiger partial charge in [0.1, 0.15) is 41.4 Å². The lowest BCUT2D eigenvalue weighted by Crippen LogP contribution is -2.43. The molecule has 0 radical (unpaired) electrons. The minimum atomic E-state index is -0.908. The molecule has 2 aromatic heterocycles. The van der Waals surface area contributed by atoms with Crippen molar-refractivity contribution in [3.8, 4) is 23.0 Å². The van der Waals surface area contributed by atoms with E-state index < -0.39 is 23.3 Å². The second kappa shape index (κ2) is 11.3. The number of aromatic hydroxyl groups is 1. The summed E-state index contributed by atoms with van der Waals surface area (Å²) in [6, 6.07) is 5.95. The summed E-state index contributed by atoms with van der Waals surface area (Å²) in [6.45, 7) is 4.56. The number of benzene rings is 2. The Balaban J connectivity index is 1.37. The van der Waals surface area contributed by atoms with Gasteiger partial charge in [-0.3, -0.25) is 9.88 Å². The Morgan fingerprint density at radius 3 is 2.82 bits per heavy atom. The number of fused-ring (bicyclic) bond motifs is 3. The normalized spacial score (nSPS) is 24.2. The third kappa shape index (κ3) is 4.99. The average Bonchev–Trinajstić information content (AvgIpc) is 3.44. The fourth-order valence-electron chi connectivity index (χ4n) is 7.53. The molecule has 4 aromatic rings. The average molecular weight is 607 g/mol. The molecule has 3 N–H and O–H groups in total. The molecule has 2 unspecified atom stereocenters. The minimum Gasteiger partial charge on any atom is -0.508 e. The third-order valence-corrected chi connectivity index (χ3v) is 9.71. The van der Waals surface area contributed by atoms with Crippen LogP contribution in [0.3, 0.4) is 0 Å². The van der Waals surface area contributed by atoms with Crippen molar-refractivity contribution >= 4 is 27.5 Å². The first-order chi connectivity index (χ1) is 21.3. The van der Waals surface area contributed by atoms with E-state index in [4.69, 9.17) is 15.5 Å². The van der Waals surface area contributed by atoms with Crippen LogP contribution in [0.4, 0.5) is 19.0 Å². The van der Waals surface area contributed by atoms with Crippen LogP contribution in [0.2, 0.25) is 0 Å². The Morgan fingerprint density at radius 1 is 1.11 bits per heavy atom. The SMILES string of the molecule is CCc1c(F)ccc2cc(O)cc(-c3ncc4c(N5CCCC(N)CC5)nc(OC[C@@]56CCCN5CC(F)C6)nc4c3F)c12. The predicted octanol–water partition coefficient (Wildman–Crippen LogP) is 5.66. The van der Waals surface area contributed by atoms with Crippen molar-refractivity contribution < 1.29 is 23.0 Å². The number of alkyl halides is 1. The van der Waals surface area contributed by atoms with Crippen LogP contribution in [0.25, 0.3) is 32.9 Å². The van der Waals surface area contributed by atoms with Crippen LogP contribution >= 0.6 is 0 Å². The van der Waals surface area contributed by atoms with Gasteiger partial charge < -0.3 is 20.5 Å². The number of rotatable bonds is 6. The summed E-state index contributed by atoms with van der Waals surface area (Å²) in [5.74, 6) is -0.700. The summed E-state index contributed by atoms with van der Waals surface area (Å²) in [5, 5.41) is 12.0. The van der Waals surface area contributed by atoms with Gasteiger partial charge in [-0.2, -0.15) is 9.97 Å². The van der Waals surface area contributed by atoms with Crippen LogP contribution < -0.4 is 15.4 Å². The van der Waals surface area contributed by atoms with E-state index in [1.807, 2.05) is 6.92 Å². The zero-order valence-corrected chi connectivity index (χ0v) is 24.8. The smallest absolute Gasteiger partial charge is 0.319 e. The number of aryl methyl sites for hydroxylation is 1. The second-order valence-corrected chi connectivity index (χ2v) is 12.5. The Kier molecular flexibility index (Phi) is 7.48. The quantitative estimate of drug-likeness (QED) is 0.290. The lowest BCUT2D eigenvalue weighted by Gasteiger charge is -2.31. The van der Waals surface area contributed by atoms with Crippen molar-refractivity contribution in [2.75, 3.05) is 37.7 Å². The number of aromatic nitrogens is 3. The zero-order valence-electron chi connectivity index (χ0n) is 24.8. The van der Waals surface area contributed by atoms with E-state index in [0.29, 0.717) is 60.0 Å². The van der Waals surface area contributed by atoms with Gasteiger partial charge in [-0.05, 0) is 79.6 Å². The summed E-state index contributed by atoms with van der Waals surface area (Å²) in [7, 11) is 0. The maximum absolute atomic E-state index is 16.7. The molecule has 7 rings (SSSR count). The standard InChI is InChI=1S/C33H37F3N6O2/c1-2-23-26(35)7-6-19-13-22(43)14-24(27(19)23)29-28(36)30-25(16-38-29)31(41-10-3-5-21(37)8-12-41)40-32(39-30)44-18-33-9-4-11-42(33)17-20(34)15-33/h6-7,13-14,16,20-21,43H,2-5,8-12,15,17-18,37H2,1H3/t20?,21?,33-/m0/s1. The van der Waals surface area contributed by atoms with Crippen LogP contribution in [0, 0.1) is 11.6 Å². The highest BCUT2D eigenvalue weighted by Crippen LogP contribution is 2.42. The topological polar surface area (TPSA) is 101 Å². The van der Waals surface area contributed by atoms with Gasteiger partial charge in [0.2, 0.25) is 0 Å². The molecule has 0 bridgehead atoms. The fraction of sp³-hybridized carbons (Fsp3) is 0.485. The number of phenols is 1. The molecule has 3 aliphatic heterocycles. The number of phenolic OH excluding ortho intramolecular Hbond substituents is 1. The van der Waals surface area contributed by atoms with Gasteiger partial charge in [0.25, 0.3) is 0 Å². The maximum Gasteiger partial charge on any atom is 0.319 e. The monoisotopic (exact) mass is 606 g/mol. The Bertz CT molecular complexity index is 1740. The van der Waals surface area contributed by atoms with E-state index in [2.05, 4.69) is 19.8 Å². The van der Waals surface area contributed by atoms with Crippen molar-refractivity contribution in [1.29, 1.82) is 0 Å². The number of halogens is 3. The minimum absolute atomic E-state index is 0.0155. The molecule has 232 valence electrons. The van der Waals surface area contributed by atoms with E-state index in [1.54, 1.807) is 12.3 Å². The fourth-order valence-corrected chi connectivity index (χ4v) is 7.53. The number of hydrogen-bond donors (Lipinski definition) is 2. The van der Waals surface area contributed by atoms with Crippen LogP contribution in [0.5, 0.6) is 11.8 Å². The number of nitrogens with two attached hydrogens (primary N) is 1. The summed E-state index contributed by atoms with van der Waals surface area (Å²) < 4.78 is 52.3. The summed E-state index contributed by atoms with van der Waals surface area (Å²) in [5.41, 5.74) is 6.49. The van der Waals surface area contributed by atoms with Crippen LogP contribution in [0.15, 0.2) is 30.5 Å². The molecule has 5 heterocycles. The largest absolute Gasteiger partial charge is 0.508 e. The molecule has 0 aliphatic carbocycles. The number of nitrogens with zero attached hydrogens (tertiary/aromatic N) is 5. The summed E-state index contributed by atoms with van der Waals surface area (Å²) in [6.07, 6.45) is 5.67. The summed E-state index contributed by atoms with van der Waals surface area (Å²) >= 11 is 0. The van der Waals surface area contributed by atoms with Crippen molar-refractivity contribution in [2.45, 2.75) is 69.6 Å². The van der Waals surface area contributed by atoms with Gasteiger partial charge in [-0.15, -0.1) is 0 Å². The molecule has 44 heavy (non-hydrogen) atoms. The van der Waals surface area contributed by atoms with Crippen LogP contribution in [-0.4, -0.2) is 75.5 Å². The van der Waals surface area contributed by atoms with E-state index in [1.165, 1.54) is 18.2 Å². The Hall–Kier alpha value is -3.70. The van der Waals surface area contributed by atoms with E-state index >= 15 is 4.39 Å². The first kappa shape index (κ1) is 29.0. The number of anilines is 1. The molecule has 8 nitrogen and oxygen atoms in total. The van der Waals surface area contributed by atoms with Crippen molar-refractivity contribution in [2.24, 2.45) is 5.73 Å². The molecule has 3 saturated heterocycles. The second-order valence-electron chi connectivity index (χ2n) is 12.5. The van der Waals surface area contributed by atoms with Crippen molar-refractivity contribution in [3.63, 3.8) is 0 Å². The Morgan fingerprint density at radius 2 is 1.98 bits per heavy atom. The molecular weight excluding hydrogens is 569 g/mol. The van der Waals surface area contributed by atoms with Gasteiger partial charge in [0.15, 0.2) is 5.82 Å². The number of pyridine rings is 1. The van der Waals surface area contributed by atoms with Gasteiger partial charge in [-0.25, -0.2) is 13.2 Å². The first-order valence-electron chi connectivity index (χ1n) is 15.6. The highest BCUT2D eigenvalue weighted by molar-refractivity contribution is 6.01. The van der Waals surface area contributed by atoms with Crippen LogP contribution in [-0.2, 0) is 6.42 Å².